The first-order valence-electron chi connectivity index (χ1n) is 5.61. The molecule has 15 heavy (non-hydrogen) atoms. The summed E-state index contributed by atoms with van der Waals surface area (Å²) < 4.78 is 1.86. The van der Waals surface area contributed by atoms with Crippen molar-refractivity contribution in [1.29, 1.82) is 0 Å². The second-order valence-corrected chi connectivity index (χ2v) is 5.36. The van der Waals surface area contributed by atoms with Gasteiger partial charge in [-0.05, 0) is 17.9 Å². The molecule has 0 aliphatic carbocycles. The SMILES string of the molecule is CC(C)NCC(C)(C)Cc1ccn(C)n1. The number of aryl methyl sites for hydroxylation is 1. The van der Waals surface area contributed by atoms with Gasteiger partial charge in [0.1, 0.15) is 0 Å². The predicted octanol–water partition coefficient (Wildman–Crippen LogP) is 1.99. The molecule has 1 aromatic rings. The minimum absolute atomic E-state index is 0.263. The van der Waals surface area contributed by atoms with Crippen molar-refractivity contribution in [3.05, 3.63) is 18.0 Å². The van der Waals surface area contributed by atoms with Gasteiger partial charge in [0.05, 0.1) is 5.69 Å². The summed E-state index contributed by atoms with van der Waals surface area (Å²) in [5, 5.41) is 7.89. The fraction of sp³-hybridized carbons (Fsp3) is 0.750. The van der Waals surface area contributed by atoms with E-state index in [-0.39, 0.29) is 5.41 Å². The highest BCUT2D eigenvalue weighted by atomic mass is 15.2. The van der Waals surface area contributed by atoms with Crippen LogP contribution in [0.15, 0.2) is 12.3 Å². The standard InChI is InChI=1S/C12H23N3/c1-10(2)13-9-12(3,4)8-11-6-7-15(5)14-11/h6-7,10,13H,8-9H2,1-5H3. The molecule has 0 saturated heterocycles. The maximum atomic E-state index is 4.41. The van der Waals surface area contributed by atoms with Gasteiger partial charge in [-0.2, -0.15) is 5.10 Å². The number of nitrogens with zero attached hydrogens (tertiary/aromatic N) is 2. The van der Waals surface area contributed by atoms with Crippen LogP contribution in [0.3, 0.4) is 0 Å². The van der Waals surface area contributed by atoms with E-state index in [0.717, 1.165) is 13.0 Å². The molecule has 1 aromatic heterocycles. The number of rotatable bonds is 5. The summed E-state index contributed by atoms with van der Waals surface area (Å²) in [6.07, 6.45) is 3.02. The molecule has 0 aliphatic rings. The zero-order chi connectivity index (χ0) is 11.5. The lowest BCUT2D eigenvalue weighted by molar-refractivity contribution is 0.322. The predicted molar refractivity (Wildman–Crippen MR) is 63.8 cm³/mol. The molecule has 1 N–H and O–H groups in total. The zero-order valence-electron chi connectivity index (χ0n) is 10.5. The Hall–Kier alpha value is -0.830. The van der Waals surface area contributed by atoms with Gasteiger partial charge in [0, 0.05) is 25.8 Å². The average molecular weight is 209 g/mol. The highest BCUT2D eigenvalue weighted by molar-refractivity contribution is 5.02. The fourth-order valence-electron chi connectivity index (χ4n) is 1.59. The van der Waals surface area contributed by atoms with E-state index in [2.05, 4.69) is 44.2 Å². The first-order chi connectivity index (χ1) is 6.89. The van der Waals surface area contributed by atoms with Crippen molar-refractivity contribution in [3.8, 4) is 0 Å². The van der Waals surface area contributed by atoms with Gasteiger partial charge in [0.25, 0.3) is 0 Å². The van der Waals surface area contributed by atoms with Gasteiger partial charge in [-0.3, -0.25) is 4.68 Å². The normalized spacial score (nSPS) is 12.4. The molecule has 86 valence electrons. The Morgan fingerprint density at radius 2 is 2.13 bits per heavy atom. The van der Waals surface area contributed by atoms with Crippen molar-refractivity contribution in [1.82, 2.24) is 15.1 Å². The highest BCUT2D eigenvalue weighted by Crippen LogP contribution is 2.19. The largest absolute Gasteiger partial charge is 0.314 e. The monoisotopic (exact) mass is 209 g/mol. The van der Waals surface area contributed by atoms with E-state index in [9.17, 15) is 0 Å². The van der Waals surface area contributed by atoms with Crippen LogP contribution in [0.5, 0.6) is 0 Å². The third kappa shape index (κ3) is 4.47. The molecular formula is C12H23N3. The molecule has 1 rings (SSSR count). The first kappa shape index (κ1) is 12.2. The van der Waals surface area contributed by atoms with Crippen LogP contribution >= 0.6 is 0 Å². The van der Waals surface area contributed by atoms with E-state index in [1.165, 1.54) is 5.69 Å². The van der Waals surface area contributed by atoms with Crippen LogP contribution in [-0.4, -0.2) is 22.4 Å². The first-order valence-corrected chi connectivity index (χ1v) is 5.61. The fourth-order valence-corrected chi connectivity index (χ4v) is 1.59. The van der Waals surface area contributed by atoms with E-state index in [1.54, 1.807) is 0 Å². The average Bonchev–Trinajstić information content (AvgIpc) is 2.47. The topological polar surface area (TPSA) is 29.9 Å². The van der Waals surface area contributed by atoms with Crippen molar-refractivity contribution in [2.24, 2.45) is 12.5 Å². The van der Waals surface area contributed by atoms with E-state index in [1.807, 2.05) is 17.9 Å². The summed E-state index contributed by atoms with van der Waals surface area (Å²) in [6, 6.07) is 2.64. The van der Waals surface area contributed by atoms with Crippen molar-refractivity contribution >= 4 is 0 Å². The van der Waals surface area contributed by atoms with Gasteiger partial charge < -0.3 is 5.32 Å². The molecule has 0 saturated carbocycles. The Labute approximate surface area is 92.9 Å². The maximum Gasteiger partial charge on any atom is 0.0630 e. The van der Waals surface area contributed by atoms with Crippen molar-refractivity contribution in [2.75, 3.05) is 6.54 Å². The molecule has 0 bridgehead atoms. The number of hydrogen-bond acceptors (Lipinski definition) is 2. The van der Waals surface area contributed by atoms with Crippen molar-refractivity contribution in [2.45, 2.75) is 40.2 Å². The van der Waals surface area contributed by atoms with Crippen molar-refractivity contribution in [3.63, 3.8) is 0 Å². The molecular weight excluding hydrogens is 186 g/mol. The Morgan fingerprint density at radius 1 is 1.47 bits per heavy atom. The van der Waals surface area contributed by atoms with E-state index < -0.39 is 0 Å². The molecule has 0 amide bonds. The summed E-state index contributed by atoms with van der Waals surface area (Å²) in [5.74, 6) is 0. The van der Waals surface area contributed by atoms with Gasteiger partial charge in [-0.1, -0.05) is 27.7 Å². The third-order valence-electron chi connectivity index (χ3n) is 2.42. The molecule has 1 heterocycles. The smallest absolute Gasteiger partial charge is 0.0630 e. The zero-order valence-corrected chi connectivity index (χ0v) is 10.5. The molecule has 0 spiro atoms. The van der Waals surface area contributed by atoms with E-state index in [0.29, 0.717) is 6.04 Å². The van der Waals surface area contributed by atoms with Gasteiger partial charge in [0.15, 0.2) is 0 Å². The highest BCUT2D eigenvalue weighted by Gasteiger charge is 2.19. The van der Waals surface area contributed by atoms with Crippen LogP contribution in [0.1, 0.15) is 33.4 Å². The third-order valence-corrected chi connectivity index (χ3v) is 2.42. The van der Waals surface area contributed by atoms with Crippen LogP contribution in [0.25, 0.3) is 0 Å². The molecule has 0 unspecified atom stereocenters. The minimum atomic E-state index is 0.263. The maximum absolute atomic E-state index is 4.41. The molecule has 3 heteroatoms. The quantitative estimate of drug-likeness (QED) is 0.803. The summed E-state index contributed by atoms with van der Waals surface area (Å²) in [6.45, 7) is 9.93. The number of aromatic nitrogens is 2. The Balaban J connectivity index is 2.48. The van der Waals surface area contributed by atoms with Crippen molar-refractivity contribution < 1.29 is 0 Å². The summed E-state index contributed by atoms with van der Waals surface area (Å²) in [5.41, 5.74) is 1.44. The number of nitrogens with one attached hydrogen (secondary N) is 1. The van der Waals surface area contributed by atoms with Gasteiger partial charge in [0.2, 0.25) is 0 Å². The van der Waals surface area contributed by atoms with Crippen LogP contribution in [0.4, 0.5) is 0 Å². The lowest BCUT2D eigenvalue weighted by Crippen LogP contribution is -2.35. The minimum Gasteiger partial charge on any atom is -0.314 e. The molecule has 0 aliphatic heterocycles. The van der Waals surface area contributed by atoms with E-state index >= 15 is 0 Å². The lowest BCUT2D eigenvalue weighted by atomic mass is 9.87. The Kier molecular flexibility index (Phi) is 3.91. The summed E-state index contributed by atoms with van der Waals surface area (Å²) >= 11 is 0. The van der Waals surface area contributed by atoms with Crippen LogP contribution < -0.4 is 5.32 Å². The van der Waals surface area contributed by atoms with Gasteiger partial charge in [-0.25, -0.2) is 0 Å². The van der Waals surface area contributed by atoms with Gasteiger partial charge >= 0.3 is 0 Å². The second-order valence-electron chi connectivity index (χ2n) is 5.36. The Bertz CT molecular complexity index is 300. The molecule has 0 aromatic carbocycles. The number of hydrogen-bond donors (Lipinski definition) is 1. The molecule has 3 nitrogen and oxygen atoms in total. The molecule has 0 atom stereocenters. The lowest BCUT2D eigenvalue weighted by Gasteiger charge is -2.25. The molecule has 0 radical (unpaired) electrons. The summed E-state index contributed by atoms with van der Waals surface area (Å²) in [4.78, 5) is 0. The second kappa shape index (κ2) is 4.79. The van der Waals surface area contributed by atoms with E-state index in [4.69, 9.17) is 0 Å². The van der Waals surface area contributed by atoms with Crippen LogP contribution in [0, 0.1) is 5.41 Å². The Morgan fingerprint density at radius 3 is 2.60 bits per heavy atom. The van der Waals surface area contributed by atoms with Gasteiger partial charge in [-0.15, -0.1) is 0 Å². The summed E-state index contributed by atoms with van der Waals surface area (Å²) in [7, 11) is 1.96. The molecule has 0 fully saturated rings. The van der Waals surface area contributed by atoms with Crippen LogP contribution in [0.2, 0.25) is 0 Å². The van der Waals surface area contributed by atoms with Crippen LogP contribution in [-0.2, 0) is 13.5 Å².